The largest absolute Gasteiger partial charge is 0.619 e. The second-order valence-corrected chi connectivity index (χ2v) is 8.12. The third-order valence-corrected chi connectivity index (χ3v) is 6.16. The number of nitrogens with one attached hydrogen (secondary N) is 1. The number of nitrogens with zero attached hydrogens (tertiary/aromatic N) is 3. The highest BCUT2D eigenvalue weighted by Gasteiger charge is 2.54. The number of ether oxygens (including phenoxy) is 1. The molecule has 2 aliphatic rings. The van der Waals surface area contributed by atoms with Crippen LogP contribution in [-0.4, -0.2) is 32.4 Å². The standard InChI is InChI=1S/C22H19FN4O5/c23-14-1-3-15(4-2-14)27-12-6-18(25-27)24-20(29)21(30)7-9-22(10-8-21)17-13-26(31)11-5-16(17)19(28)32-22/h1-6,11-13,30H,7-10H2,(H,24,25,29)/t21-,22+. The molecule has 9 nitrogen and oxygen atoms in total. The molecule has 164 valence electrons. The number of anilines is 1. The third kappa shape index (κ3) is 3.28. The predicted octanol–water partition coefficient (Wildman–Crippen LogP) is 1.95. The lowest BCUT2D eigenvalue weighted by atomic mass is 9.73. The third-order valence-electron chi connectivity index (χ3n) is 6.16. The minimum atomic E-state index is -1.68. The Hall–Kier alpha value is -3.79. The monoisotopic (exact) mass is 438 g/mol. The van der Waals surface area contributed by atoms with Crippen molar-refractivity contribution in [3.8, 4) is 5.69 Å². The van der Waals surface area contributed by atoms with Gasteiger partial charge in [-0.15, -0.1) is 0 Å². The second kappa shape index (κ2) is 7.13. The molecule has 3 aromatic rings. The Morgan fingerprint density at radius 1 is 1.19 bits per heavy atom. The van der Waals surface area contributed by atoms with Crippen LogP contribution in [0, 0.1) is 11.0 Å². The Kier molecular flexibility index (Phi) is 4.48. The number of benzene rings is 1. The van der Waals surface area contributed by atoms with Crippen molar-refractivity contribution < 1.29 is 28.6 Å². The number of carbonyl (C=O) groups is 2. The van der Waals surface area contributed by atoms with Crippen molar-refractivity contribution in [1.29, 1.82) is 0 Å². The van der Waals surface area contributed by atoms with E-state index >= 15 is 0 Å². The van der Waals surface area contributed by atoms with Crippen molar-refractivity contribution in [3.63, 3.8) is 0 Å². The molecule has 0 unspecified atom stereocenters. The van der Waals surface area contributed by atoms with E-state index in [1.165, 1.54) is 35.3 Å². The zero-order valence-corrected chi connectivity index (χ0v) is 16.8. The Bertz CT molecular complexity index is 1220. The maximum atomic E-state index is 13.1. The molecule has 1 aliphatic carbocycles. The van der Waals surface area contributed by atoms with Crippen LogP contribution >= 0.6 is 0 Å². The molecule has 1 saturated carbocycles. The minimum Gasteiger partial charge on any atom is -0.619 e. The molecule has 1 fully saturated rings. The van der Waals surface area contributed by atoms with E-state index in [-0.39, 0.29) is 37.3 Å². The van der Waals surface area contributed by atoms with E-state index in [9.17, 15) is 24.3 Å². The summed E-state index contributed by atoms with van der Waals surface area (Å²) in [5.41, 5.74) is -1.26. The first kappa shape index (κ1) is 20.1. The number of aromatic nitrogens is 3. The van der Waals surface area contributed by atoms with Gasteiger partial charge in [-0.05, 0) is 49.9 Å². The molecule has 0 bridgehead atoms. The fourth-order valence-electron chi connectivity index (χ4n) is 4.33. The number of rotatable bonds is 3. The summed E-state index contributed by atoms with van der Waals surface area (Å²) in [6, 6.07) is 8.69. The van der Waals surface area contributed by atoms with Crippen LogP contribution in [0.15, 0.2) is 55.0 Å². The van der Waals surface area contributed by atoms with Gasteiger partial charge in [0.25, 0.3) is 5.91 Å². The lowest BCUT2D eigenvalue weighted by molar-refractivity contribution is -0.606. The van der Waals surface area contributed by atoms with Gasteiger partial charge in [0.15, 0.2) is 18.2 Å². The van der Waals surface area contributed by atoms with Gasteiger partial charge in [0.2, 0.25) is 0 Å². The Labute approximate surface area is 181 Å². The highest BCUT2D eigenvalue weighted by atomic mass is 19.1. The SMILES string of the molecule is O=C1O[C@]2(CC[C@](O)(C(=O)Nc3ccn(-c4ccc(F)cc4)n3)CC2)c2c[n+]([O-])ccc21. The number of hydrogen-bond donors (Lipinski definition) is 2. The molecule has 1 aliphatic heterocycles. The van der Waals surface area contributed by atoms with Crippen LogP contribution in [0.2, 0.25) is 0 Å². The summed E-state index contributed by atoms with van der Waals surface area (Å²) in [7, 11) is 0. The minimum absolute atomic E-state index is 0.0397. The highest BCUT2D eigenvalue weighted by Crippen LogP contribution is 2.48. The Balaban J connectivity index is 1.29. The van der Waals surface area contributed by atoms with E-state index in [2.05, 4.69) is 10.4 Å². The molecular formula is C22H19FN4O5. The van der Waals surface area contributed by atoms with Crippen molar-refractivity contribution in [3.05, 3.63) is 77.1 Å². The van der Waals surface area contributed by atoms with Gasteiger partial charge in [-0.3, -0.25) is 4.79 Å². The number of hydrogen-bond acceptors (Lipinski definition) is 6. The number of carbonyl (C=O) groups excluding carboxylic acids is 2. The van der Waals surface area contributed by atoms with Gasteiger partial charge in [0.05, 0.1) is 16.8 Å². The van der Waals surface area contributed by atoms with Gasteiger partial charge in [0, 0.05) is 18.3 Å². The predicted molar refractivity (Wildman–Crippen MR) is 108 cm³/mol. The molecule has 3 heterocycles. The summed E-state index contributed by atoms with van der Waals surface area (Å²) in [6.45, 7) is 0. The second-order valence-electron chi connectivity index (χ2n) is 8.12. The van der Waals surface area contributed by atoms with Crippen molar-refractivity contribution >= 4 is 17.7 Å². The number of aliphatic hydroxyl groups is 1. The van der Waals surface area contributed by atoms with Gasteiger partial charge in [-0.25, -0.2) is 13.9 Å². The maximum Gasteiger partial charge on any atom is 0.339 e. The molecule has 0 saturated heterocycles. The van der Waals surface area contributed by atoms with E-state index in [0.29, 0.717) is 21.5 Å². The summed E-state index contributed by atoms with van der Waals surface area (Å²) < 4.78 is 20.8. The first-order chi connectivity index (χ1) is 15.3. The van der Waals surface area contributed by atoms with Crippen LogP contribution in [0.1, 0.15) is 41.6 Å². The molecule has 5 rings (SSSR count). The van der Waals surface area contributed by atoms with Gasteiger partial charge in [-0.2, -0.15) is 9.83 Å². The van der Waals surface area contributed by atoms with E-state index in [0.717, 1.165) is 0 Å². The van der Waals surface area contributed by atoms with Crippen LogP contribution in [0.5, 0.6) is 0 Å². The zero-order valence-electron chi connectivity index (χ0n) is 16.8. The molecule has 1 amide bonds. The first-order valence-electron chi connectivity index (χ1n) is 10.1. The molecule has 1 aromatic carbocycles. The average Bonchev–Trinajstić information content (AvgIpc) is 3.34. The number of amides is 1. The van der Waals surface area contributed by atoms with E-state index in [1.807, 2.05) is 0 Å². The number of fused-ring (bicyclic) bond motifs is 2. The molecule has 0 atom stereocenters. The fourth-order valence-corrected chi connectivity index (χ4v) is 4.33. The molecule has 0 radical (unpaired) electrons. The molecule has 1 spiro atoms. The van der Waals surface area contributed by atoms with Crippen LogP contribution in [-0.2, 0) is 15.1 Å². The maximum absolute atomic E-state index is 13.1. The lowest BCUT2D eigenvalue weighted by Crippen LogP contribution is -2.49. The lowest BCUT2D eigenvalue weighted by Gasteiger charge is -2.39. The average molecular weight is 438 g/mol. The van der Waals surface area contributed by atoms with Crippen LogP contribution in [0.3, 0.4) is 0 Å². The molecule has 2 N–H and O–H groups in total. The summed E-state index contributed by atoms with van der Waals surface area (Å²) in [5.74, 6) is -1.26. The van der Waals surface area contributed by atoms with Gasteiger partial charge in [-0.1, -0.05) is 0 Å². The van der Waals surface area contributed by atoms with Crippen molar-refractivity contribution in [2.24, 2.45) is 0 Å². The summed E-state index contributed by atoms with van der Waals surface area (Å²) in [6.07, 6.45) is 4.63. The quantitative estimate of drug-likeness (QED) is 0.366. The van der Waals surface area contributed by atoms with Crippen molar-refractivity contribution in [2.45, 2.75) is 36.9 Å². The van der Waals surface area contributed by atoms with Gasteiger partial charge >= 0.3 is 5.97 Å². The first-order valence-corrected chi connectivity index (χ1v) is 10.1. The molecule has 10 heteroatoms. The van der Waals surface area contributed by atoms with Crippen LogP contribution in [0.4, 0.5) is 10.2 Å². The smallest absolute Gasteiger partial charge is 0.339 e. The van der Waals surface area contributed by atoms with Crippen molar-refractivity contribution in [2.75, 3.05) is 5.32 Å². The molecule has 2 aromatic heterocycles. The van der Waals surface area contributed by atoms with Crippen LogP contribution < -0.4 is 10.0 Å². The molecule has 32 heavy (non-hydrogen) atoms. The van der Waals surface area contributed by atoms with Gasteiger partial charge < -0.3 is 20.4 Å². The van der Waals surface area contributed by atoms with E-state index in [1.54, 1.807) is 24.4 Å². The molecular weight excluding hydrogens is 419 g/mol. The summed E-state index contributed by atoms with van der Waals surface area (Å²) in [5, 5.41) is 29.6. The van der Waals surface area contributed by atoms with Crippen LogP contribution in [0.25, 0.3) is 5.69 Å². The van der Waals surface area contributed by atoms with Gasteiger partial charge in [0.1, 0.15) is 17.0 Å². The number of halogens is 1. The summed E-state index contributed by atoms with van der Waals surface area (Å²) >= 11 is 0. The fraction of sp³-hybridized carbons (Fsp3) is 0.273. The zero-order chi connectivity index (χ0) is 22.5. The topological polar surface area (TPSA) is 120 Å². The van der Waals surface area contributed by atoms with Crippen molar-refractivity contribution in [1.82, 2.24) is 9.78 Å². The highest BCUT2D eigenvalue weighted by molar-refractivity contribution is 5.97. The normalized spacial score (nSPS) is 24.2. The van der Waals surface area contributed by atoms with E-state index < -0.39 is 23.1 Å². The Morgan fingerprint density at radius 2 is 1.91 bits per heavy atom. The Morgan fingerprint density at radius 3 is 2.62 bits per heavy atom. The van der Waals surface area contributed by atoms with E-state index in [4.69, 9.17) is 4.74 Å². The number of pyridine rings is 1. The number of esters is 1. The summed E-state index contributed by atoms with van der Waals surface area (Å²) in [4.78, 5) is 25.0.